The van der Waals surface area contributed by atoms with E-state index in [1.54, 1.807) is 36.7 Å². The van der Waals surface area contributed by atoms with E-state index in [4.69, 9.17) is 4.42 Å². The molecule has 0 aliphatic carbocycles. The molecule has 0 spiro atoms. The maximum absolute atomic E-state index is 10.4. The molecule has 2 heterocycles. The second-order valence-electron chi connectivity index (χ2n) is 5.03. The van der Waals surface area contributed by atoms with Crippen molar-refractivity contribution in [1.82, 2.24) is 10.6 Å². The Kier molecular flexibility index (Phi) is 8.59. The maximum atomic E-state index is 10.4. The van der Waals surface area contributed by atoms with E-state index >= 15 is 0 Å². The Hall–Kier alpha value is -0.580. The molecule has 2 rings (SSSR count). The van der Waals surface area contributed by atoms with Gasteiger partial charge in [0.1, 0.15) is 11.4 Å². The molecule has 8 heteroatoms. The molecule has 2 aromatic rings. The lowest BCUT2D eigenvalue weighted by molar-refractivity contribution is 0.0386. The summed E-state index contributed by atoms with van der Waals surface area (Å²) in [4.78, 5) is 5.69. The molecule has 0 fully saturated rings. The van der Waals surface area contributed by atoms with Gasteiger partial charge in [0.05, 0.1) is 19.4 Å². The van der Waals surface area contributed by atoms with Crippen molar-refractivity contribution in [2.45, 2.75) is 26.0 Å². The standard InChI is InChI=1S/C15H20BrN3O2S.HI/c1-3-17-14(18-8-12-7-11(16)9-22-12)19-10-15(2,20)13-5-4-6-21-13;/h4-7,9,20H,3,8,10H2,1-2H3,(H2,17,18,19);1H. The zero-order valence-corrected chi connectivity index (χ0v) is 17.7. The van der Waals surface area contributed by atoms with Crippen molar-refractivity contribution >= 4 is 57.2 Å². The Bertz CT molecular complexity index is 614. The van der Waals surface area contributed by atoms with Crippen LogP contribution in [0.5, 0.6) is 0 Å². The first-order valence-corrected chi connectivity index (χ1v) is 8.70. The predicted octanol–water partition coefficient (Wildman–Crippen LogP) is 3.68. The number of thiophene rings is 1. The summed E-state index contributed by atoms with van der Waals surface area (Å²) in [5, 5.41) is 18.8. The first kappa shape index (κ1) is 20.5. The number of rotatable bonds is 6. The van der Waals surface area contributed by atoms with Crippen LogP contribution in [0.25, 0.3) is 0 Å². The first-order chi connectivity index (χ1) is 10.5. The first-order valence-electron chi connectivity index (χ1n) is 7.02. The molecule has 3 N–H and O–H groups in total. The second-order valence-corrected chi connectivity index (χ2v) is 6.94. The molecule has 0 amide bonds. The zero-order chi connectivity index (χ0) is 16.0. The van der Waals surface area contributed by atoms with Crippen molar-refractivity contribution in [2.75, 3.05) is 13.1 Å². The van der Waals surface area contributed by atoms with Crippen molar-refractivity contribution in [1.29, 1.82) is 0 Å². The van der Waals surface area contributed by atoms with Gasteiger partial charge in [-0.15, -0.1) is 35.3 Å². The van der Waals surface area contributed by atoms with Gasteiger partial charge in [0.15, 0.2) is 5.96 Å². The highest BCUT2D eigenvalue weighted by Crippen LogP contribution is 2.21. The van der Waals surface area contributed by atoms with Gasteiger partial charge in [-0.05, 0) is 48.0 Å². The van der Waals surface area contributed by atoms with Crippen LogP contribution >= 0.6 is 51.2 Å². The lowest BCUT2D eigenvalue weighted by Gasteiger charge is -2.22. The van der Waals surface area contributed by atoms with E-state index in [2.05, 4.69) is 37.6 Å². The summed E-state index contributed by atoms with van der Waals surface area (Å²) in [6.07, 6.45) is 1.55. The van der Waals surface area contributed by atoms with Gasteiger partial charge in [-0.25, -0.2) is 4.99 Å². The fraction of sp³-hybridized carbons (Fsp3) is 0.400. The van der Waals surface area contributed by atoms with Crippen molar-refractivity contribution in [3.63, 3.8) is 0 Å². The summed E-state index contributed by atoms with van der Waals surface area (Å²) in [6.45, 7) is 5.36. The van der Waals surface area contributed by atoms with Crippen LogP contribution in [0.1, 0.15) is 24.5 Å². The van der Waals surface area contributed by atoms with E-state index in [1.807, 2.05) is 12.3 Å². The molecular weight excluding hydrogens is 493 g/mol. The predicted molar refractivity (Wildman–Crippen MR) is 109 cm³/mol. The van der Waals surface area contributed by atoms with E-state index in [0.717, 1.165) is 11.0 Å². The molecule has 1 atom stereocenters. The second kappa shape index (κ2) is 9.65. The van der Waals surface area contributed by atoms with E-state index in [-0.39, 0.29) is 24.0 Å². The summed E-state index contributed by atoms with van der Waals surface area (Å²) in [7, 11) is 0. The lowest BCUT2D eigenvalue weighted by atomic mass is 10.0. The number of guanidine groups is 1. The molecule has 0 bridgehead atoms. The minimum atomic E-state index is -1.09. The van der Waals surface area contributed by atoms with E-state index in [0.29, 0.717) is 24.8 Å². The van der Waals surface area contributed by atoms with Gasteiger partial charge >= 0.3 is 0 Å². The molecule has 0 radical (unpaired) electrons. The Morgan fingerprint density at radius 3 is 2.83 bits per heavy atom. The molecule has 128 valence electrons. The van der Waals surface area contributed by atoms with Crippen LogP contribution in [0.3, 0.4) is 0 Å². The fourth-order valence-corrected chi connectivity index (χ4v) is 3.24. The maximum Gasteiger partial charge on any atom is 0.191 e. The summed E-state index contributed by atoms with van der Waals surface area (Å²) in [5.74, 6) is 1.19. The van der Waals surface area contributed by atoms with Crippen LogP contribution in [0.15, 0.2) is 43.7 Å². The Balaban J connectivity index is 0.00000264. The molecule has 0 aromatic carbocycles. The highest BCUT2D eigenvalue weighted by Gasteiger charge is 2.26. The molecule has 2 aromatic heterocycles. The van der Waals surface area contributed by atoms with Gasteiger partial charge in [0.2, 0.25) is 0 Å². The Labute approximate surface area is 165 Å². The zero-order valence-electron chi connectivity index (χ0n) is 13.0. The minimum absolute atomic E-state index is 0. The Morgan fingerprint density at radius 2 is 2.26 bits per heavy atom. The van der Waals surface area contributed by atoms with Crippen molar-refractivity contribution < 1.29 is 9.52 Å². The van der Waals surface area contributed by atoms with Gasteiger partial charge in [-0.3, -0.25) is 0 Å². The number of nitrogens with zero attached hydrogens (tertiary/aromatic N) is 1. The SMILES string of the molecule is CCNC(=NCc1cc(Br)cs1)NCC(C)(O)c1ccco1.I. The van der Waals surface area contributed by atoms with E-state index < -0.39 is 5.60 Å². The number of hydrogen-bond donors (Lipinski definition) is 3. The summed E-state index contributed by atoms with van der Waals surface area (Å²) < 4.78 is 6.34. The van der Waals surface area contributed by atoms with Crippen LogP contribution in [-0.2, 0) is 12.1 Å². The number of hydrogen-bond acceptors (Lipinski definition) is 4. The summed E-state index contributed by atoms with van der Waals surface area (Å²) in [6, 6.07) is 5.57. The highest BCUT2D eigenvalue weighted by molar-refractivity contribution is 14.0. The molecule has 1 unspecified atom stereocenters. The number of halogens is 2. The van der Waals surface area contributed by atoms with Crippen molar-refractivity contribution in [3.05, 3.63) is 45.0 Å². The number of nitrogens with one attached hydrogen (secondary N) is 2. The van der Waals surface area contributed by atoms with Crippen molar-refractivity contribution in [3.8, 4) is 0 Å². The van der Waals surface area contributed by atoms with Gasteiger partial charge in [-0.2, -0.15) is 0 Å². The quantitative estimate of drug-likeness (QED) is 0.313. The van der Waals surface area contributed by atoms with E-state index in [1.165, 1.54) is 4.88 Å². The Morgan fingerprint density at radius 1 is 1.48 bits per heavy atom. The average molecular weight is 514 g/mol. The highest BCUT2D eigenvalue weighted by atomic mass is 127. The van der Waals surface area contributed by atoms with Crippen LogP contribution < -0.4 is 10.6 Å². The smallest absolute Gasteiger partial charge is 0.191 e. The van der Waals surface area contributed by atoms with Crippen LogP contribution in [0.2, 0.25) is 0 Å². The lowest BCUT2D eigenvalue weighted by Crippen LogP contribution is -2.44. The molecule has 0 aliphatic heterocycles. The largest absolute Gasteiger partial charge is 0.466 e. The van der Waals surface area contributed by atoms with Crippen LogP contribution in [0, 0.1) is 0 Å². The molecular formula is C15H21BrIN3O2S. The fourth-order valence-electron chi connectivity index (χ4n) is 1.86. The van der Waals surface area contributed by atoms with Crippen LogP contribution in [-0.4, -0.2) is 24.2 Å². The van der Waals surface area contributed by atoms with E-state index in [9.17, 15) is 5.11 Å². The molecule has 23 heavy (non-hydrogen) atoms. The summed E-state index contributed by atoms with van der Waals surface area (Å²) in [5.41, 5.74) is -1.09. The average Bonchev–Trinajstić information content (AvgIpc) is 3.13. The van der Waals surface area contributed by atoms with Gasteiger partial charge < -0.3 is 20.2 Å². The molecule has 5 nitrogen and oxygen atoms in total. The normalized spacial score (nSPS) is 14.0. The molecule has 0 saturated carbocycles. The van der Waals surface area contributed by atoms with Gasteiger partial charge in [0.25, 0.3) is 0 Å². The number of furan rings is 1. The minimum Gasteiger partial charge on any atom is -0.466 e. The molecule has 0 aliphatic rings. The third kappa shape index (κ3) is 6.44. The summed E-state index contributed by atoms with van der Waals surface area (Å²) >= 11 is 5.09. The number of aliphatic hydroxyl groups is 1. The molecule has 0 saturated heterocycles. The third-order valence-electron chi connectivity index (χ3n) is 3.01. The van der Waals surface area contributed by atoms with Gasteiger partial charge in [-0.1, -0.05) is 0 Å². The van der Waals surface area contributed by atoms with Gasteiger partial charge in [0, 0.05) is 21.3 Å². The van der Waals surface area contributed by atoms with Crippen molar-refractivity contribution in [2.24, 2.45) is 4.99 Å². The van der Waals surface area contributed by atoms with Crippen LogP contribution in [0.4, 0.5) is 0 Å². The number of aliphatic imine (C=N–C) groups is 1. The monoisotopic (exact) mass is 513 g/mol. The third-order valence-corrected chi connectivity index (χ3v) is 4.69. The topological polar surface area (TPSA) is 69.8 Å².